The highest BCUT2D eigenvalue weighted by Gasteiger charge is 2.07. The Balaban J connectivity index is 0.00000729. The zero-order chi connectivity index (χ0) is 19.9. The number of ether oxygens (including phenoxy) is 2. The standard InChI is InChI=1S/C21H38N4O2.HI/c1-6-25(7-2)15-10-11-18(3)24-21(22-4)23-14-16-27-17-19-12-8-9-13-20(19)26-5;/h8-9,12-13,18H,6-7,10-11,14-17H2,1-5H3,(H2,22,23,24);1H. The van der Waals surface area contributed by atoms with Gasteiger partial charge in [-0.1, -0.05) is 32.0 Å². The van der Waals surface area contributed by atoms with E-state index in [0.29, 0.717) is 25.8 Å². The van der Waals surface area contributed by atoms with Crippen LogP contribution >= 0.6 is 24.0 Å². The van der Waals surface area contributed by atoms with Crippen molar-refractivity contribution in [1.29, 1.82) is 0 Å². The summed E-state index contributed by atoms with van der Waals surface area (Å²) in [4.78, 5) is 6.75. The highest BCUT2D eigenvalue weighted by molar-refractivity contribution is 14.0. The molecule has 162 valence electrons. The van der Waals surface area contributed by atoms with Gasteiger partial charge in [-0.25, -0.2) is 0 Å². The van der Waals surface area contributed by atoms with Crippen molar-refractivity contribution in [2.45, 2.75) is 46.3 Å². The van der Waals surface area contributed by atoms with Crippen molar-refractivity contribution in [3.8, 4) is 5.75 Å². The zero-order valence-electron chi connectivity index (χ0n) is 18.2. The van der Waals surface area contributed by atoms with Gasteiger partial charge in [-0.3, -0.25) is 4.99 Å². The van der Waals surface area contributed by atoms with Gasteiger partial charge in [-0.05, 0) is 45.5 Å². The summed E-state index contributed by atoms with van der Waals surface area (Å²) in [5.41, 5.74) is 1.06. The summed E-state index contributed by atoms with van der Waals surface area (Å²) < 4.78 is 11.1. The lowest BCUT2D eigenvalue weighted by atomic mass is 10.2. The summed E-state index contributed by atoms with van der Waals surface area (Å²) in [7, 11) is 3.48. The lowest BCUT2D eigenvalue weighted by Gasteiger charge is -2.21. The maximum atomic E-state index is 5.75. The Morgan fingerprint density at radius 1 is 1.21 bits per heavy atom. The maximum absolute atomic E-state index is 5.75. The predicted octanol–water partition coefficient (Wildman–Crippen LogP) is 3.51. The molecule has 0 aliphatic heterocycles. The van der Waals surface area contributed by atoms with Crippen LogP contribution in [0.2, 0.25) is 0 Å². The van der Waals surface area contributed by atoms with Crippen LogP contribution in [0.25, 0.3) is 0 Å². The van der Waals surface area contributed by atoms with Crippen LogP contribution in [0.15, 0.2) is 29.3 Å². The first-order chi connectivity index (χ1) is 13.1. The van der Waals surface area contributed by atoms with Crippen molar-refractivity contribution in [3.05, 3.63) is 29.8 Å². The minimum atomic E-state index is 0. The molecule has 0 heterocycles. The van der Waals surface area contributed by atoms with Crippen molar-refractivity contribution in [3.63, 3.8) is 0 Å². The number of para-hydroxylation sites is 1. The van der Waals surface area contributed by atoms with Gasteiger partial charge in [0.1, 0.15) is 5.75 Å². The van der Waals surface area contributed by atoms with Crippen LogP contribution in [0.5, 0.6) is 5.75 Å². The summed E-state index contributed by atoms with van der Waals surface area (Å²) in [6, 6.07) is 8.31. The number of hydrogen-bond acceptors (Lipinski definition) is 4. The van der Waals surface area contributed by atoms with Crippen LogP contribution in [0, 0.1) is 0 Å². The lowest BCUT2D eigenvalue weighted by molar-refractivity contribution is 0.123. The average molecular weight is 506 g/mol. The van der Waals surface area contributed by atoms with Gasteiger partial charge in [0.25, 0.3) is 0 Å². The van der Waals surface area contributed by atoms with Crippen LogP contribution < -0.4 is 15.4 Å². The SMILES string of the molecule is CCN(CC)CCCC(C)NC(=NC)NCCOCc1ccccc1OC.I. The third-order valence-corrected chi connectivity index (χ3v) is 4.60. The van der Waals surface area contributed by atoms with E-state index in [2.05, 4.69) is 41.3 Å². The number of halogens is 1. The molecular formula is C21H39IN4O2. The van der Waals surface area contributed by atoms with E-state index in [9.17, 15) is 0 Å². The largest absolute Gasteiger partial charge is 0.496 e. The monoisotopic (exact) mass is 506 g/mol. The van der Waals surface area contributed by atoms with Gasteiger partial charge in [0.2, 0.25) is 0 Å². The van der Waals surface area contributed by atoms with Crippen LogP contribution in [-0.2, 0) is 11.3 Å². The normalized spacial score (nSPS) is 12.4. The number of nitrogens with zero attached hydrogens (tertiary/aromatic N) is 2. The van der Waals surface area contributed by atoms with E-state index in [4.69, 9.17) is 9.47 Å². The second-order valence-corrected chi connectivity index (χ2v) is 6.58. The molecule has 1 atom stereocenters. The topological polar surface area (TPSA) is 58.1 Å². The quantitative estimate of drug-likeness (QED) is 0.186. The van der Waals surface area contributed by atoms with Crippen LogP contribution in [0.1, 0.15) is 39.2 Å². The molecule has 1 aromatic rings. The molecule has 0 aliphatic carbocycles. The third-order valence-electron chi connectivity index (χ3n) is 4.60. The van der Waals surface area contributed by atoms with E-state index in [-0.39, 0.29) is 24.0 Å². The molecule has 0 amide bonds. The minimum absolute atomic E-state index is 0. The molecule has 0 saturated heterocycles. The van der Waals surface area contributed by atoms with Crippen molar-refractivity contribution < 1.29 is 9.47 Å². The van der Waals surface area contributed by atoms with Crippen molar-refractivity contribution in [2.24, 2.45) is 4.99 Å². The van der Waals surface area contributed by atoms with Gasteiger partial charge in [0, 0.05) is 25.2 Å². The predicted molar refractivity (Wildman–Crippen MR) is 129 cm³/mol. The number of benzene rings is 1. The molecule has 1 aromatic carbocycles. The van der Waals surface area contributed by atoms with Gasteiger partial charge < -0.3 is 25.0 Å². The number of hydrogen-bond donors (Lipinski definition) is 2. The van der Waals surface area contributed by atoms with Gasteiger partial charge in [-0.15, -0.1) is 24.0 Å². The van der Waals surface area contributed by atoms with Crippen LogP contribution in [-0.4, -0.2) is 63.8 Å². The third kappa shape index (κ3) is 11.1. The van der Waals surface area contributed by atoms with Gasteiger partial charge in [0.15, 0.2) is 5.96 Å². The fourth-order valence-electron chi connectivity index (χ4n) is 2.91. The van der Waals surface area contributed by atoms with Crippen molar-refractivity contribution in [2.75, 3.05) is 46.9 Å². The van der Waals surface area contributed by atoms with Crippen molar-refractivity contribution in [1.82, 2.24) is 15.5 Å². The Kier molecular flexibility index (Phi) is 16.2. The molecule has 0 radical (unpaired) electrons. The Labute approximate surface area is 188 Å². The Morgan fingerprint density at radius 2 is 1.93 bits per heavy atom. The van der Waals surface area contributed by atoms with E-state index in [1.807, 2.05) is 24.3 Å². The number of aliphatic imine (C=N–C) groups is 1. The van der Waals surface area contributed by atoms with Gasteiger partial charge in [0.05, 0.1) is 20.3 Å². The molecule has 0 aliphatic rings. The average Bonchev–Trinajstić information content (AvgIpc) is 2.70. The molecule has 0 spiro atoms. The first-order valence-electron chi connectivity index (χ1n) is 10.0. The Morgan fingerprint density at radius 3 is 2.57 bits per heavy atom. The molecule has 0 bridgehead atoms. The number of nitrogens with one attached hydrogen (secondary N) is 2. The van der Waals surface area contributed by atoms with E-state index in [0.717, 1.165) is 43.3 Å². The fourth-order valence-corrected chi connectivity index (χ4v) is 2.91. The molecule has 0 aromatic heterocycles. The van der Waals surface area contributed by atoms with Crippen LogP contribution in [0.3, 0.4) is 0 Å². The van der Waals surface area contributed by atoms with Crippen LogP contribution in [0.4, 0.5) is 0 Å². The minimum Gasteiger partial charge on any atom is -0.496 e. The number of guanidine groups is 1. The highest BCUT2D eigenvalue weighted by Crippen LogP contribution is 2.17. The molecule has 28 heavy (non-hydrogen) atoms. The summed E-state index contributed by atoms with van der Waals surface area (Å²) >= 11 is 0. The first kappa shape index (κ1) is 26.9. The molecule has 2 N–H and O–H groups in total. The molecule has 0 fully saturated rings. The second-order valence-electron chi connectivity index (χ2n) is 6.58. The summed E-state index contributed by atoms with van der Waals surface area (Å²) in [6.45, 7) is 11.9. The number of rotatable bonds is 13. The lowest BCUT2D eigenvalue weighted by Crippen LogP contribution is -2.43. The van der Waals surface area contributed by atoms with E-state index in [1.54, 1.807) is 14.2 Å². The molecule has 7 heteroatoms. The summed E-state index contributed by atoms with van der Waals surface area (Å²) in [5, 5.41) is 6.76. The van der Waals surface area contributed by atoms with Gasteiger partial charge >= 0.3 is 0 Å². The first-order valence-corrected chi connectivity index (χ1v) is 10.0. The molecule has 0 saturated carbocycles. The Bertz CT molecular complexity index is 539. The smallest absolute Gasteiger partial charge is 0.191 e. The van der Waals surface area contributed by atoms with E-state index in [1.165, 1.54) is 6.42 Å². The van der Waals surface area contributed by atoms with Crippen molar-refractivity contribution >= 4 is 29.9 Å². The molecular weight excluding hydrogens is 467 g/mol. The molecule has 1 rings (SSSR count). The highest BCUT2D eigenvalue weighted by atomic mass is 127. The second kappa shape index (κ2) is 16.9. The number of methoxy groups -OCH3 is 1. The maximum Gasteiger partial charge on any atom is 0.191 e. The van der Waals surface area contributed by atoms with Gasteiger partial charge in [-0.2, -0.15) is 0 Å². The summed E-state index contributed by atoms with van der Waals surface area (Å²) in [6.07, 6.45) is 2.32. The molecule has 6 nitrogen and oxygen atoms in total. The Hall–Kier alpha value is -1.06. The van der Waals surface area contributed by atoms with E-state index < -0.39 is 0 Å². The zero-order valence-corrected chi connectivity index (χ0v) is 20.5. The van der Waals surface area contributed by atoms with E-state index >= 15 is 0 Å². The fraction of sp³-hybridized carbons (Fsp3) is 0.667. The molecule has 1 unspecified atom stereocenters. The summed E-state index contributed by atoms with van der Waals surface area (Å²) in [5.74, 6) is 1.69.